The molecule has 74 valence electrons. The largest absolute Gasteiger partial charge is 0.338 e. The highest BCUT2D eigenvalue weighted by Gasteiger charge is 2.55. The number of rotatable bonds is 1. The molecule has 3 nitrogen and oxygen atoms in total. The van der Waals surface area contributed by atoms with Crippen LogP contribution >= 0.6 is 0 Å². The van der Waals surface area contributed by atoms with Crippen LogP contribution in [0.1, 0.15) is 20.3 Å². The molecule has 2 heterocycles. The summed E-state index contributed by atoms with van der Waals surface area (Å²) in [5.41, 5.74) is 0.108. The van der Waals surface area contributed by atoms with Crippen molar-refractivity contribution in [2.45, 2.75) is 25.8 Å². The Bertz CT molecular complexity index is 239. The normalized spacial score (nSPS) is 38.9. The molecule has 2 saturated heterocycles. The fourth-order valence-electron chi connectivity index (χ4n) is 3.05. The zero-order valence-electron chi connectivity index (χ0n) is 8.63. The van der Waals surface area contributed by atoms with E-state index >= 15 is 0 Å². The first-order chi connectivity index (χ1) is 6.09. The average molecular weight is 182 g/mol. The van der Waals surface area contributed by atoms with Crippen LogP contribution in [0.25, 0.3) is 0 Å². The van der Waals surface area contributed by atoms with Gasteiger partial charge in [0.05, 0.1) is 5.54 Å². The molecular formula is C10H18N2O. The van der Waals surface area contributed by atoms with Crippen molar-refractivity contribution in [2.75, 3.05) is 20.1 Å². The molecule has 2 fully saturated rings. The van der Waals surface area contributed by atoms with E-state index in [1.807, 2.05) is 11.9 Å². The Morgan fingerprint density at radius 1 is 1.62 bits per heavy atom. The Balaban J connectivity index is 2.35. The minimum atomic E-state index is 0.108. The van der Waals surface area contributed by atoms with Gasteiger partial charge in [0, 0.05) is 32.5 Å². The van der Waals surface area contributed by atoms with Gasteiger partial charge in [0.25, 0.3) is 0 Å². The van der Waals surface area contributed by atoms with Gasteiger partial charge in [-0.25, -0.2) is 0 Å². The van der Waals surface area contributed by atoms with Crippen molar-refractivity contribution in [1.82, 2.24) is 10.2 Å². The quantitative estimate of drug-likeness (QED) is 0.639. The number of likely N-dealkylation sites (N-methyl/N-ethyl adjacent to an activating group) is 1. The molecule has 0 aliphatic carbocycles. The summed E-state index contributed by atoms with van der Waals surface area (Å²) in [5, 5.41) is 3.40. The molecule has 2 aliphatic heterocycles. The molecule has 1 N–H and O–H groups in total. The molecule has 2 unspecified atom stereocenters. The highest BCUT2D eigenvalue weighted by atomic mass is 16.2. The van der Waals surface area contributed by atoms with Gasteiger partial charge in [-0.1, -0.05) is 13.8 Å². The molecule has 0 saturated carbocycles. The Morgan fingerprint density at radius 3 is 2.85 bits per heavy atom. The van der Waals surface area contributed by atoms with Gasteiger partial charge in [-0.15, -0.1) is 0 Å². The number of nitrogens with zero attached hydrogens (tertiary/aromatic N) is 1. The molecule has 0 spiro atoms. The van der Waals surface area contributed by atoms with Gasteiger partial charge in [-0.05, 0) is 5.92 Å². The summed E-state index contributed by atoms with van der Waals surface area (Å²) in [7, 11) is 1.95. The second-order valence-electron chi connectivity index (χ2n) is 4.63. The minimum Gasteiger partial charge on any atom is -0.338 e. The molecular weight excluding hydrogens is 164 g/mol. The first-order valence-electron chi connectivity index (χ1n) is 5.06. The summed E-state index contributed by atoms with van der Waals surface area (Å²) in [4.78, 5) is 13.6. The first-order valence-corrected chi connectivity index (χ1v) is 5.06. The molecule has 2 atom stereocenters. The van der Waals surface area contributed by atoms with E-state index < -0.39 is 0 Å². The SMILES string of the molecule is CC(C)C12CNCC1CC(=O)N2C. The predicted octanol–water partition coefficient (Wildman–Crippen LogP) is 0.463. The lowest BCUT2D eigenvalue weighted by Crippen LogP contribution is -2.52. The van der Waals surface area contributed by atoms with Crippen LogP contribution in [0.4, 0.5) is 0 Å². The lowest BCUT2D eigenvalue weighted by Gasteiger charge is -2.39. The molecule has 3 heteroatoms. The minimum absolute atomic E-state index is 0.108. The number of fused-ring (bicyclic) bond motifs is 1. The highest BCUT2D eigenvalue weighted by Crippen LogP contribution is 2.42. The number of hydrogen-bond acceptors (Lipinski definition) is 2. The topological polar surface area (TPSA) is 32.3 Å². The number of carbonyl (C=O) groups excluding carboxylic acids is 1. The summed E-state index contributed by atoms with van der Waals surface area (Å²) >= 11 is 0. The number of carbonyl (C=O) groups is 1. The van der Waals surface area contributed by atoms with Crippen molar-refractivity contribution in [3.05, 3.63) is 0 Å². The average Bonchev–Trinajstić information content (AvgIpc) is 2.55. The lowest BCUT2D eigenvalue weighted by atomic mass is 9.79. The van der Waals surface area contributed by atoms with Crippen LogP contribution in [0, 0.1) is 11.8 Å². The smallest absolute Gasteiger partial charge is 0.223 e. The zero-order valence-corrected chi connectivity index (χ0v) is 8.63. The van der Waals surface area contributed by atoms with Gasteiger partial charge in [0.15, 0.2) is 0 Å². The van der Waals surface area contributed by atoms with Gasteiger partial charge in [-0.2, -0.15) is 0 Å². The van der Waals surface area contributed by atoms with E-state index in [4.69, 9.17) is 0 Å². The van der Waals surface area contributed by atoms with Crippen LogP contribution < -0.4 is 5.32 Å². The summed E-state index contributed by atoms with van der Waals surface area (Å²) in [6.07, 6.45) is 0.738. The van der Waals surface area contributed by atoms with Gasteiger partial charge < -0.3 is 10.2 Å². The standard InChI is InChI=1S/C10H18N2O/c1-7(2)10-6-11-5-8(10)4-9(13)12(10)3/h7-8,11H,4-6H2,1-3H3. The molecule has 0 aromatic carbocycles. The van der Waals surface area contributed by atoms with Gasteiger partial charge in [0.2, 0.25) is 5.91 Å². The van der Waals surface area contributed by atoms with Crippen molar-refractivity contribution < 1.29 is 4.79 Å². The van der Waals surface area contributed by atoms with E-state index in [0.29, 0.717) is 17.7 Å². The summed E-state index contributed by atoms with van der Waals surface area (Å²) in [6, 6.07) is 0. The van der Waals surface area contributed by atoms with Gasteiger partial charge >= 0.3 is 0 Å². The van der Waals surface area contributed by atoms with Crippen molar-refractivity contribution in [3.63, 3.8) is 0 Å². The predicted molar refractivity (Wildman–Crippen MR) is 51.3 cm³/mol. The van der Waals surface area contributed by atoms with Gasteiger partial charge in [0.1, 0.15) is 0 Å². The third-order valence-electron chi connectivity index (χ3n) is 3.93. The first kappa shape index (κ1) is 9.00. The Labute approximate surface area is 79.5 Å². The summed E-state index contributed by atoms with van der Waals surface area (Å²) in [5.74, 6) is 1.40. The monoisotopic (exact) mass is 182 g/mol. The molecule has 1 amide bonds. The number of nitrogens with one attached hydrogen (secondary N) is 1. The zero-order chi connectivity index (χ0) is 9.64. The number of amides is 1. The van der Waals surface area contributed by atoms with Crippen molar-refractivity contribution in [3.8, 4) is 0 Å². The third-order valence-corrected chi connectivity index (χ3v) is 3.93. The van der Waals surface area contributed by atoms with E-state index in [2.05, 4.69) is 19.2 Å². The molecule has 2 rings (SSSR count). The van der Waals surface area contributed by atoms with Gasteiger partial charge in [-0.3, -0.25) is 4.79 Å². The van der Waals surface area contributed by atoms with Crippen molar-refractivity contribution in [2.24, 2.45) is 11.8 Å². The van der Waals surface area contributed by atoms with Crippen LogP contribution in [0.3, 0.4) is 0 Å². The number of hydrogen-bond donors (Lipinski definition) is 1. The molecule has 2 aliphatic rings. The fourth-order valence-corrected chi connectivity index (χ4v) is 3.05. The fraction of sp³-hybridized carbons (Fsp3) is 0.900. The second kappa shape index (κ2) is 2.71. The van der Waals surface area contributed by atoms with E-state index in [9.17, 15) is 4.79 Å². The van der Waals surface area contributed by atoms with E-state index in [1.54, 1.807) is 0 Å². The van der Waals surface area contributed by atoms with Crippen molar-refractivity contribution in [1.29, 1.82) is 0 Å². The van der Waals surface area contributed by atoms with Crippen LogP contribution in [0.2, 0.25) is 0 Å². The molecule has 0 radical (unpaired) electrons. The van der Waals surface area contributed by atoms with E-state index in [1.165, 1.54) is 0 Å². The third kappa shape index (κ3) is 0.966. The molecule has 0 aromatic rings. The maximum absolute atomic E-state index is 11.6. The van der Waals surface area contributed by atoms with Crippen molar-refractivity contribution >= 4 is 5.91 Å². The Morgan fingerprint density at radius 2 is 2.31 bits per heavy atom. The van der Waals surface area contributed by atoms with Crippen LogP contribution in [-0.2, 0) is 4.79 Å². The lowest BCUT2D eigenvalue weighted by molar-refractivity contribution is -0.130. The van der Waals surface area contributed by atoms with Crippen LogP contribution in [0.5, 0.6) is 0 Å². The second-order valence-corrected chi connectivity index (χ2v) is 4.63. The Hall–Kier alpha value is -0.570. The van der Waals surface area contributed by atoms with E-state index in [-0.39, 0.29) is 5.54 Å². The Kier molecular flexibility index (Phi) is 1.88. The molecule has 0 aromatic heterocycles. The summed E-state index contributed by atoms with van der Waals surface area (Å²) < 4.78 is 0. The number of likely N-dealkylation sites (tertiary alicyclic amines) is 1. The van der Waals surface area contributed by atoms with E-state index in [0.717, 1.165) is 19.5 Å². The van der Waals surface area contributed by atoms with Crippen LogP contribution in [0.15, 0.2) is 0 Å². The maximum Gasteiger partial charge on any atom is 0.223 e. The molecule has 13 heavy (non-hydrogen) atoms. The van der Waals surface area contributed by atoms with Crippen LogP contribution in [-0.4, -0.2) is 36.5 Å². The maximum atomic E-state index is 11.6. The highest BCUT2D eigenvalue weighted by molar-refractivity contribution is 5.80. The summed E-state index contributed by atoms with van der Waals surface area (Å²) in [6.45, 7) is 6.41. The molecule has 0 bridgehead atoms.